The lowest BCUT2D eigenvalue weighted by Crippen LogP contribution is -3.08. The molecule has 0 bridgehead atoms. The summed E-state index contributed by atoms with van der Waals surface area (Å²) in [6.45, 7) is 4.84. The molecule has 0 saturated heterocycles. The summed E-state index contributed by atoms with van der Waals surface area (Å²) < 4.78 is 0. The van der Waals surface area contributed by atoms with Crippen LogP contribution in [0, 0.1) is 13.8 Å². The highest BCUT2D eigenvalue weighted by Crippen LogP contribution is 2.27. The highest BCUT2D eigenvalue weighted by Gasteiger charge is 2.15. The van der Waals surface area contributed by atoms with Gasteiger partial charge in [0, 0.05) is 10.6 Å². The number of hydrogen-bond acceptors (Lipinski definition) is 1. The third kappa shape index (κ3) is 5.12. The fraction of sp³-hybridized carbons (Fsp3) is 0.278. The van der Waals surface area contributed by atoms with E-state index in [4.69, 9.17) is 34.8 Å². The van der Waals surface area contributed by atoms with Crippen LogP contribution in [-0.2, 0) is 11.3 Å². The molecule has 1 amide bonds. The monoisotopic (exact) mass is 385 g/mol. The number of carbonyl (C=O) groups is 1. The maximum absolute atomic E-state index is 12.3. The number of nitrogens with one attached hydrogen (secondary N) is 2. The Bertz CT molecular complexity index is 739. The molecule has 2 aromatic carbocycles. The molecular weight excluding hydrogens is 367 g/mol. The van der Waals surface area contributed by atoms with Crippen LogP contribution in [-0.4, -0.2) is 19.5 Å². The summed E-state index contributed by atoms with van der Waals surface area (Å²) in [5.41, 5.74) is 3.64. The first-order valence-electron chi connectivity index (χ1n) is 7.58. The number of anilines is 1. The van der Waals surface area contributed by atoms with Crippen molar-refractivity contribution in [1.29, 1.82) is 0 Å². The molecule has 0 aliphatic rings. The smallest absolute Gasteiger partial charge is 0.279 e. The second kappa shape index (κ2) is 8.21. The normalized spacial score (nSPS) is 12.1. The van der Waals surface area contributed by atoms with Gasteiger partial charge in [0.2, 0.25) is 0 Å². The van der Waals surface area contributed by atoms with E-state index in [1.807, 2.05) is 39.1 Å². The Morgan fingerprint density at radius 1 is 1.08 bits per heavy atom. The van der Waals surface area contributed by atoms with Gasteiger partial charge in [0.1, 0.15) is 6.54 Å². The van der Waals surface area contributed by atoms with E-state index < -0.39 is 0 Å². The zero-order valence-corrected chi connectivity index (χ0v) is 16.1. The summed E-state index contributed by atoms with van der Waals surface area (Å²) in [6.07, 6.45) is 0. The summed E-state index contributed by atoms with van der Waals surface area (Å²) in [7, 11) is 1.94. The van der Waals surface area contributed by atoms with Crippen LogP contribution in [0.3, 0.4) is 0 Å². The maximum atomic E-state index is 12.3. The van der Waals surface area contributed by atoms with E-state index in [2.05, 4.69) is 5.32 Å². The molecule has 0 aromatic heterocycles. The van der Waals surface area contributed by atoms with Crippen molar-refractivity contribution in [3.63, 3.8) is 0 Å². The number of halogens is 3. The van der Waals surface area contributed by atoms with Gasteiger partial charge in [-0.2, -0.15) is 0 Å². The quantitative estimate of drug-likeness (QED) is 0.802. The average Bonchev–Trinajstić information content (AvgIpc) is 2.45. The first-order valence-corrected chi connectivity index (χ1v) is 8.71. The molecule has 24 heavy (non-hydrogen) atoms. The standard InChI is InChI=1S/C18H19Cl3N2O/c1-11-6-12(2)18(16(21)7-11)22-17(24)10-23(3)9-13-4-5-14(19)8-15(13)20/h4-8H,9-10H2,1-3H3,(H,22,24)/p+1. The zero-order chi connectivity index (χ0) is 17.9. The molecule has 1 unspecified atom stereocenters. The van der Waals surface area contributed by atoms with Crippen LogP contribution in [0.15, 0.2) is 30.3 Å². The van der Waals surface area contributed by atoms with E-state index in [1.54, 1.807) is 12.1 Å². The molecule has 0 aliphatic heterocycles. The van der Waals surface area contributed by atoms with Gasteiger partial charge < -0.3 is 10.2 Å². The molecule has 2 N–H and O–H groups in total. The van der Waals surface area contributed by atoms with Gasteiger partial charge in [-0.15, -0.1) is 0 Å². The second-order valence-corrected chi connectivity index (χ2v) is 7.28. The highest BCUT2D eigenvalue weighted by molar-refractivity contribution is 6.35. The number of carbonyl (C=O) groups excluding carboxylic acids is 1. The number of amides is 1. The van der Waals surface area contributed by atoms with Crippen LogP contribution in [0.25, 0.3) is 0 Å². The number of benzene rings is 2. The van der Waals surface area contributed by atoms with Crippen molar-refractivity contribution in [1.82, 2.24) is 0 Å². The summed E-state index contributed by atoms with van der Waals surface area (Å²) in [6, 6.07) is 9.22. The molecule has 0 saturated carbocycles. The van der Waals surface area contributed by atoms with E-state index in [0.29, 0.717) is 33.8 Å². The summed E-state index contributed by atoms with van der Waals surface area (Å²) in [5, 5.41) is 4.67. The summed E-state index contributed by atoms with van der Waals surface area (Å²) >= 11 is 18.3. The van der Waals surface area contributed by atoms with Crippen molar-refractivity contribution in [2.24, 2.45) is 0 Å². The van der Waals surface area contributed by atoms with Crippen LogP contribution in [0.2, 0.25) is 15.1 Å². The Kier molecular flexibility index (Phi) is 6.53. The van der Waals surface area contributed by atoms with Gasteiger partial charge >= 0.3 is 0 Å². The van der Waals surface area contributed by atoms with E-state index in [9.17, 15) is 4.79 Å². The molecule has 0 radical (unpaired) electrons. The third-order valence-electron chi connectivity index (χ3n) is 3.67. The Balaban J connectivity index is 1.99. The molecule has 128 valence electrons. The minimum atomic E-state index is -0.0913. The van der Waals surface area contributed by atoms with Crippen molar-refractivity contribution in [3.05, 3.63) is 62.1 Å². The fourth-order valence-corrected chi connectivity index (χ4v) is 3.43. The predicted octanol–water partition coefficient (Wildman–Crippen LogP) is 3.92. The predicted molar refractivity (Wildman–Crippen MR) is 101 cm³/mol. The lowest BCUT2D eigenvalue weighted by molar-refractivity contribution is -0.885. The highest BCUT2D eigenvalue weighted by atomic mass is 35.5. The number of likely N-dealkylation sites (N-methyl/N-ethyl adjacent to an activating group) is 1. The minimum absolute atomic E-state index is 0.0913. The van der Waals surface area contributed by atoms with Crippen LogP contribution in [0.1, 0.15) is 16.7 Å². The summed E-state index contributed by atoms with van der Waals surface area (Å²) in [5.74, 6) is -0.0913. The lowest BCUT2D eigenvalue weighted by Gasteiger charge is -2.16. The molecule has 0 heterocycles. The molecule has 1 atom stereocenters. The molecule has 0 aliphatic carbocycles. The van der Waals surface area contributed by atoms with Crippen molar-refractivity contribution in [2.75, 3.05) is 18.9 Å². The minimum Gasteiger partial charge on any atom is -0.326 e. The van der Waals surface area contributed by atoms with E-state index in [-0.39, 0.29) is 5.91 Å². The van der Waals surface area contributed by atoms with Gasteiger partial charge in [-0.25, -0.2) is 0 Å². The Morgan fingerprint density at radius 2 is 1.79 bits per heavy atom. The number of rotatable bonds is 5. The van der Waals surface area contributed by atoms with E-state index in [1.165, 1.54) is 0 Å². The van der Waals surface area contributed by atoms with Gasteiger partial charge in [0.25, 0.3) is 5.91 Å². The Labute approximate surface area is 157 Å². The largest absolute Gasteiger partial charge is 0.326 e. The van der Waals surface area contributed by atoms with Crippen molar-refractivity contribution in [2.45, 2.75) is 20.4 Å². The number of aryl methyl sites for hydroxylation is 2. The van der Waals surface area contributed by atoms with Crippen molar-refractivity contribution < 1.29 is 9.69 Å². The second-order valence-electron chi connectivity index (χ2n) is 6.03. The molecule has 2 aromatic rings. The SMILES string of the molecule is Cc1cc(C)c(NC(=O)C[NH+](C)Cc2ccc(Cl)cc2Cl)c(Cl)c1. The first kappa shape index (κ1) is 19.1. The van der Waals surface area contributed by atoms with Crippen LogP contribution >= 0.6 is 34.8 Å². The van der Waals surface area contributed by atoms with Crippen LogP contribution < -0.4 is 10.2 Å². The molecular formula is C18H20Cl3N2O+. The van der Waals surface area contributed by atoms with Gasteiger partial charge in [-0.05, 0) is 43.2 Å². The van der Waals surface area contributed by atoms with Crippen molar-refractivity contribution in [3.8, 4) is 0 Å². The van der Waals surface area contributed by atoms with Crippen molar-refractivity contribution >= 4 is 46.4 Å². The third-order valence-corrected chi connectivity index (χ3v) is 4.55. The van der Waals surface area contributed by atoms with Crippen LogP contribution in [0.4, 0.5) is 5.69 Å². The van der Waals surface area contributed by atoms with Gasteiger partial charge in [0.05, 0.1) is 22.8 Å². The lowest BCUT2D eigenvalue weighted by atomic mass is 10.1. The average molecular weight is 387 g/mol. The maximum Gasteiger partial charge on any atom is 0.279 e. The molecule has 0 fully saturated rings. The molecule has 0 spiro atoms. The topological polar surface area (TPSA) is 33.5 Å². The Morgan fingerprint density at radius 3 is 2.42 bits per heavy atom. The van der Waals surface area contributed by atoms with E-state index in [0.717, 1.165) is 21.6 Å². The van der Waals surface area contributed by atoms with Crippen LogP contribution in [0.5, 0.6) is 0 Å². The molecule has 6 heteroatoms. The van der Waals surface area contributed by atoms with Gasteiger partial charge in [-0.1, -0.05) is 46.9 Å². The molecule has 2 rings (SSSR count). The van der Waals surface area contributed by atoms with E-state index >= 15 is 0 Å². The zero-order valence-electron chi connectivity index (χ0n) is 13.8. The number of hydrogen-bond donors (Lipinski definition) is 2. The van der Waals surface area contributed by atoms with Gasteiger partial charge in [-0.3, -0.25) is 4.79 Å². The Hall–Kier alpha value is -1.26. The molecule has 3 nitrogen and oxygen atoms in total. The first-order chi connectivity index (χ1) is 11.3. The fourth-order valence-electron chi connectivity index (χ4n) is 2.58. The summed E-state index contributed by atoms with van der Waals surface area (Å²) in [4.78, 5) is 13.3. The number of quaternary nitrogens is 1. The van der Waals surface area contributed by atoms with Gasteiger partial charge in [0.15, 0.2) is 6.54 Å².